The lowest BCUT2D eigenvalue weighted by molar-refractivity contribution is 0.0823. The number of unbranched alkanes of at least 4 members (excludes halogenated alkanes) is 2. The molecule has 1 aromatic carbocycles. The monoisotopic (exact) mass is 422 g/mol. The maximum Gasteiger partial charge on any atom is 0.410 e. The van der Waals surface area contributed by atoms with Gasteiger partial charge in [-0.15, -0.1) is 0 Å². The maximum atomic E-state index is 12.8. The Balaban J connectivity index is 1.22. The quantitative estimate of drug-likeness (QED) is 0.594. The Kier molecular flexibility index (Phi) is 7.77. The Morgan fingerprint density at radius 1 is 1.10 bits per heavy atom. The van der Waals surface area contributed by atoms with Crippen LogP contribution in [0.3, 0.4) is 0 Å². The summed E-state index contributed by atoms with van der Waals surface area (Å²) in [5, 5.41) is 6.78. The fourth-order valence-electron chi connectivity index (χ4n) is 4.40. The lowest BCUT2D eigenvalue weighted by atomic mass is 10.1. The molecule has 31 heavy (non-hydrogen) atoms. The molecule has 1 atom stereocenters. The van der Waals surface area contributed by atoms with Crippen LogP contribution in [-0.2, 0) is 24.2 Å². The van der Waals surface area contributed by atoms with Crippen LogP contribution >= 0.6 is 0 Å². The molecule has 2 aliphatic heterocycles. The summed E-state index contributed by atoms with van der Waals surface area (Å²) >= 11 is 0. The summed E-state index contributed by atoms with van der Waals surface area (Å²) in [7, 11) is 0. The average Bonchev–Trinajstić information content (AvgIpc) is 3.35. The predicted octanol–water partition coefficient (Wildman–Crippen LogP) is 4.15. The Bertz CT molecular complexity index is 837. The van der Waals surface area contributed by atoms with Crippen LogP contribution in [-0.4, -0.2) is 48.2 Å². The van der Waals surface area contributed by atoms with Crippen molar-refractivity contribution in [3.05, 3.63) is 59.3 Å². The van der Waals surface area contributed by atoms with Crippen LogP contribution in [0.25, 0.3) is 0 Å². The van der Waals surface area contributed by atoms with Gasteiger partial charge in [0.05, 0.1) is 0 Å². The number of aryl methyl sites for hydroxylation is 2. The van der Waals surface area contributed by atoms with Crippen molar-refractivity contribution in [2.75, 3.05) is 31.5 Å². The molecule has 1 fully saturated rings. The van der Waals surface area contributed by atoms with Crippen LogP contribution in [0.15, 0.2) is 42.5 Å². The highest BCUT2D eigenvalue weighted by Crippen LogP contribution is 2.20. The Morgan fingerprint density at radius 2 is 2.00 bits per heavy atom. The van der Waals surface area contributed by atoms with Crippen LogP contribution in [0, 0.1) is 0 Å². The highest BCUT2D eigenvalue weighted by Gasteiger charge is 2.27. The molecule has 0 spiro atoms. The molecule has 0 unspecified atom stereocenters. The number of carbonyl (C=O) groups is 1. The normalized spacial score (nSPS) is 17.6. The van der Waals surface area contributed by atoms with E-state index in [2.05, 4.69) is 22.8 Å². The van der Waals surface area contributed by atoms with Crippen molar-refractivity contribution >= 4 is 11.9 Å². The molecule has 166 valence electrons. The zero-order chi connectivity index (χ0) is 21.3. The third-order valence-corrected chi connectivity index (χ3v) is 6.20. The van der Waals surface area contributed by atoms with Crippen molar-refractivity contribution < 1.29 is 9.53 Å². The largest absolute Gasteiger partial charge is 0.445 e. The summed E-state index contributed by atoms with van der Waals surface area (Å²) in [5.41, 5.74) is 3.52. The lowest BCUT2D eigenvalue weighted by Gasteiger charge is -2.27. The van der Waals surface area contributed by atoms with Gasteiger partial charge in [0.15, 0.2) is 0 Å². The molecule has 1 amide bonds. The van der Waals surface area contributed by atoms with Gasteiger partial charge in [-0.1, -0.05) is 42.8 Å². The van der Waals surface area contributed by atoms with Gasteiger partial charge in [-0.25, -0.2) is 9.78 Å². The van der Waals surface area contributed by atoms with Crippen LogP contribution in [0.1, 0.15) is 48.9 Å². The standard InChI is InChI=1S/C25H34N4O2/c30-25(31-19-20-8-3-1-4-9-20)29(23-14-16-26-18-23)17-6-2-5-11-22-13-12-21-10-7-15-27-24(21)28-22/h1,3-4,8-9,12-13,23,26H,2,5-7,10-11,14-19H2,(H,27,28)/t23-/m1/s1. The number of carbonyl (C=O) groups excluding carboxylic acids is 1. The molecule has 2 aromatic rings. The minimum absolute atomic E-state index is 0.194. The van der Waals surface area contributed by atoms with Crippen molar-refractivity contribution in [1.82, 2.24) is 15.2 Å². The van der Waals surface area contributed by atoms with E-state index >= 15 is 0 Å². The molecule has 6 nitrogen and oxygen atoms in total. The summed E-state index contributed by atoms with van der Waals surface area (Å²) in [4.78, 5) is 19.5. The van der Waals surface area contributed by atoms with Gasteiger partial charge in [0.2, 0.25) is 0 Å². The number of hydrogen-bond acceptors (Lipinski definition) is 5. The molecule has 0 saturated carbocycles. The number of anilines is 1. The van der Waals surface area contributed by atoms with E-state index in [4.69, 9.17) is 9.72 Å². The fraction of sp³-hybridized carbons (Fsp3) is 0.520. The molecular weight excluding hydrogens is 388 g/mol. The van der Waals surface area contributed by atoms with Crippen molar-refractivity contribution in [2.45, 2.75) is 57.6 Å². The number of nitrogens with zero attached hydrogens (tertiary/aromatic N) is 2. The molecule has 2 aliphatic rings. The molecule has 0 aliphatic carbocycles. The molecule has 0 bridgehead atoms. The Hall–Kier alpha value is -2.60. The number of rotatable bonds is 9. The Labute approximate surface area is 185 Å². The minimum atomic E-state index is -0.194. The van der Waals surface area contributed by atoms with E-state index in [-0.39, 0.29) is 12.1 Å². The van der Waals surface area contributed by atoms with Gasteiger partial charge in [0.25, 0.3) is 0 Å². The van der Waals surface area contributed by atoms with Crippen molar-refractivity contribution in [3.63, 3.8) is 0 Å². The van der Waals surface area contributed by atoms with Crippen LogP contribution in [0.5, 0.6) is 0 Å². The SMILES string of the molecule is O=C(OCc1ccccc1)N(CCCCCc1ccc2c(n1)NCCC2)[C@@H]1CCNC1. The summed E-state index contributed by atoms with van der Waals surface area (Å²) in [6.07, 6.45) is 7.25. The van der Waals surface area contributed by atoms with Crippen molar-refractivity contribution in [1.29, 1.82) is 0 Å². The van der Waals surface area contributed by atoms with Gasteiger partial charge < -0.3 is 20.3 Å². The molecule has 4 rings (SSSR count). The van der Waals surface area contributed by atoms with E-state index in [1.807, 2.05) is 35.2 Å². The molecule has 0 radical (unpaired) electrons. The number of benzene rings is 1. The highest BCUT2D eigenvalue weighted by atomic mass is 16.6. The summed E-state index contributed by atoms with van der Waals surface area (Å²) < 4.78 is 5.62. The number of aromatic nitrogens is 1. The number of amides is 1. The molecule has 6 heteroatoms. The zero-order valence-corrected chi connectivity index (χ0v) is 18.3. The second kappa shape index (κ2) is 11.1. The third-order valence-electron chi connectivity index (χ3n) is 6.20. The molecule has 1 aromatic heterocycles. The Morgan fingerprint density at radius 3 is 2.84 bits per heavy atom. The molecule has 1 saturated heterocycles. The topological polar surface area (TPSA) is 66.5 Å². The second-order valence-electron chi connectivity index (χ2n) is 8.53. The first-order valence-corrected chi connectivity index (χ1v) is 11.7. The van der Waals surface area contributed by atoms with Crippen molar-refractivity contribution in [3.8, 4) is 0 Å². The first-order chi connectivity index (χ1) is 15.3. The van der Waals surface area contributed by atoms with Gasteiger partial charge in [-0.05, 0) is 62.3 Å². The number of hydrogen-bond donors (Lipinski definition) is 2. The van der Waals surface area contributed by atoms with E-state index in [1.54, 1.807) is 0 Å². The van der Waals surface area contributed by atoms with Crippen LogP contribution in [0.2, 0.25) is 0 Å². The van der Waals surface area contributed by atoms with E-state index < -0.39 is 0 Å². The summed E-state index contributed by atoms with van der Waals surface area (Å²) in [6.45, 7) is 3.92. The van der Waals surface area contributed by atoms with Gasteiger partial charge in [0.1, 0.15) is 12.4 Å². The second-order valence-corrected chi connectivity index (χ2v) is 8.53. The summed E-state index contributed by atoms with van der Waals surface area (Å²) in [5.74, 6) is 1.07. The van der Waals surface area contributed by atoms with Gasteiger partial charge in [-0.2, -0.15) is 0 Å². The number of pyridine rings is 1. The average molecular weight is 423 g/mol. The van der Waals surface area contributed by atoms with E-state index in [1.165, 1.54) is 12.0 Å². The minimum Gasteiger partial charge on any atom is -0.445 e. The van der Waals surface area contributed by atoms with E-state index in [9.17, 15) is 4.79 Å². The smallest absolute Gasteiger partial charge is 0.410 e. The molecular formula is C25H34N4O2. The molecule has 2 N–H and O–H groups in total. The highest BCUT2D eigenvalue weighted by molar-refractivity contribution is 5.68. The fourth-order valence-corrected chi connectivity index (χ4v) is 4.40. The van der Waals surface area contributed by atoms with Gasteiger partial charge in [-0.3, -0.25) is 0 Å². The van der Waals surface area contributed by atoms with Crippen LogP contribution < -0.4 is 10.6 Å². The third kappa shape index (κ3) is 6.20. The first-order valence-electron chi connectivity index (χ1n) is 11.7. The van der Waals surface area contributed by atoms with E-state index in [0.717, 1.165) is 81.8 Å². The first kappa shape index (κ1) is 21.6. The molecule has 3 heterocycles. The zero-order valence-electron chi connectivity index (χ0n) is 18.3. The van der Waals surface area contributed by atoms with Gasteiger partial charge >= 0.3 is 6.09 Å². The number of nitrogens with one attached hydrogen (secondary N) is 2. The lowest BCUT2D eigenvalue weighted by Crippen LogP contribution is -2.42. The number of ether oxygens (including phenoxy) is 1. The maximum absolute atomic E-state index is 12.8. The van der Waals surface area contributed by atoms with E-state index in [0.29, 0.717) is 6.61 Å². The number of fused-ring (bicyclic) bond motifs is 1. The van der Waals surface area contributed by atoms with Crippen molar-refractivity contribution in [2.24, 2.45) is 0 Å². The van der Waals surface area contributed by atoms with Gasteiger partial charge in [0, 0.05) is 31.4 Å². The van der Waals surface area contributed by atoms with Crippen LogP contribution in [0.4, 0.5) is 10.6 Å². The summed E-state index contributed by atoms with van der Waals surface area (Å²) in [6, 6.07) is 14.5. The predicted molar refractivity (Wildman–Crippen MR) is 123 cm³/mol.